The molecule has 0 aliphatic carbocycles. The highest BCUT2D eigenvalue weighted by molar-refractivity contribution is 5.80. The van der Waals surface area contributed by atoms with Crippen molar-refractivity contribution in [3.63, 3.8) is 0 Å². The first-order chi connectivity index (χ1) is 9.03. The molecule has 0 saturated heterocycles. The fraction of sp³-hybridized carbons (Fsp3) is 0.933. The van der Waals surface area contributed by atoms with Gasteiger partial charge in [0.25, 0.3) is 0 Å². The van der Waals surface area contributed by atoms with Gasteiger partial charge in [0.15, 0.2) is 0 Å². The normalized spacial score (nSPS) is 14.4. The van der Waals surface area contributed by atoms with Crippen molar-refractivity contribution in [3.05, 3.63) is 0 Å². The van der Waals surface area contributed by atoms with Gasteiger partial charge >= 0.3 is 5.97 Å². The van der Waals surface area contributed by atoms with Crippen molar-refractivity contribution in [3.8, 4) is 0 Å². The van der Waals surface area contributed by atoms with Crippen molar-refractivity contribution in [1.29, 1.82) is 0 Å². The van der Waals surface area contributed by atoms with Crippen molar-refractivity contribution in [2.24, 2.45) is 0 Å². The lowest BCUT2D eigenvalue weighted by molar-refractivity contribution is -0.151. The predicted molar refractivity (Wildman–Crippen MR) is 80.4 cm³/mol. The third-order valence-corrected chi connectivity index (χ3v) is 3.31. The summed E-state index contributed by atoms with van der Waals surface area (Å²) in [6, 6.07) is 0. The average molecular weight is 272 g/mol. The summed E-state index contributed by atoms with van der Waals surface area (Å²) >= 11 is 0. The maximum Gasteiger partial charge on any atom is 0.327 e. The van der Waals surface area contributed by atoms with E-state index in [0.29, 0.717) is 13.2 Å². The van der Waals surface area contributed by atoms with Gasteiger partial charge in [-0.1, -0.05) is 27.2 Å². The largest absolute Gasteiger partial charge is 0.465 e. The molecule has 0 fully saturated rings. The molecule has 0 aromatic heterocycles. The number of nitrogens with one attached hydrogen (secondary N) is 1. The van der Waals surface area contributed by atoms with E-state index in [1.54, 1.807) is 0 Å². The van der Waals surface area contributed by atoms with Gasteiger partial charge in [-0.2, -0.15) is 0 Å². The van der Waals surface area contributed by atoms with Crippen molar-refractivity contribution >= 4 is 5.97 Å². The number of esters is 1. The lowest BCUT2D eigenvalue weighted by atomic mass is 10.0. The smallest absolute Gasteiger partial charge is 0.327 e. The fourth-order valence-electron chi connectivity index (χ4n) is 2.06. The summed E-state index contributed by atoms with van der Waals surface area (Å²) in [5, 5.41) is 3.36. The Bertz CT molecular complexity index is 246. The molecule has 0 aromatic carbocycles. The Morgan fingerprint density at radius 2 is 1.89 bits per heavy atom. The maximum absolute atomic E-state index is 12.2. The van der Waals surface area contributed by atoms with Crippen LogP contribution in [0.4, 0.5) is 0 Å². The summed E-state index contributed by atoms with van der Waals surface area (Å²) in [6.07, 6.45) is 3.35. The number of rotatable bonds is 11. The van der Waals surface area contributed by atoms with E-state index in [-0.39, 0.29) is 5.97 Å². The average Bonchev–Trinajstić information content (AvgIpc) is 2.41. The summed E-state index contributed by atoms with van der Waals surface area (Å²) in [7, 11) is 0. The van der Waals surface area contributed by atoms with Gasteiger partial charge in [0, 0.05) is 6.54 Å². The molecule has 114 valence electrons. The predicted octanol–water partition coefficient (Wildman–Crippen LogP) is 2.43. The molecule has 0 heterocycles. The molecule has 19 heavy (non-hydrogen) atoms. The molecule has 0 aliphatic rings. The number of nitrogens with zero attached hydrogens (tertiary/aromatic N) is 1. The van der Waals surface area contributed by atoms with Gasteiger partial charge < -0.3 is 15.0 Å². The minimum atomic E-state index is -0.601. The van der Waals surface area contributed by atoms with Crippen molar-refractivity contribution < 1.29 is 9.53 Å². The van der Waals surface area contributed by atoms with Crippen LogP contribution in [0.15, 0.2) is 0 Å². The monoisotopic (exact) mass is 272 g/mol. The molecule has 1 atom stereocenters. The van der Waals surface area contributed by atoms with Crippen LogP contribution in [-0.2, 0) is 9.53 Å². The van der Waals surface area contributed by atoms with Crippen molar-refractivity contribution in [2.75, 3.05) is 32.8 Å². The zero-order chi connectivity index (χ0) is 14.7. The van der Waals surface area contributed by atoms with E-state index in [4.69, 9.17) is 4.74 Å². The first kappa shape index (κ1) is 18.4. The Balaban J connectivity index is 4.66. The highest BCUT2D eigenvalue weighted by atomic mass is 16.5. The van der Waals surface area contributed by atoms with Crippen molar-refractivity contribution in [2.45, 2.75) is 59.4 Å². The van der Waals surface area contributed by atoms with Gasteiger partial charge in [-0.05, 0) is 46.3 Å². The van der Waals surface area contributed by atoms with E-state index in [0.717, 1.165) is 26.1 Å². The number of carbonyl (C=O) groups excluding carboxylic acids is 1. The molecule has 0 bridgehead atoms. The Labute approximate surface area is 118 Å². The van der Waals surface area contributed by atoms with Crippen LogP contribution in [0.5, 0.6) is 0 Å². The topological polar surface area (TPSA) is 41.6 Å². The highest BCUT2D eigenvalue weighted by Crippen LogP contribution is 2.11. The first-order valence-corrected chi connectivity index (χ1v) is 7.68. The summed E-state index contributed by atoms with van der Waals surface area (Å²) in [6.45, 7) is 14.2. The molecular weight excluding hydrogens is 240 g/mol. The molecule has 1 N–H and O–H groups in total. The maximum atomic E-state index is 12.2. The van der Waals surface area contributed by atoms with Crippen LogP contribution in [0, 0.1) is 0 Å². The molecule has 0 aromatic rings. The van der Waals surface area contributed by atoms with E-state index >= 15 is 0 Å². The molecule has 0 radical (unpaired) electrons. The van der Waals surface area contributed by atoms with Gasteiger partial charge in [0.1, 0.15) is 5.54 Å². The summed E-state index contributed by atoms with van der Waals surface area (Å²) in [5.41, 5.74) is -0.601. The Morgan fingerprint density at radius 3 is 2.37 bits per heavy atom. The van der Waals surface area contributed by atoms with Gasteiger partial charge in [-0.25, -0.2) is 0 Å². The number of hydrogen-bond acceptors (Lipinski definition) is 4. The van der Waals surface area contributed by atoms with Crippen LogP contribution >= 0.6 is 0 Å². The molecule has 4 nitrogen and oxygen atoms in total. The molecule has 0 saturated carbocycles. The number of ether oxygens (including phenoxy) is 1. The van der Waals surface area contributed by atoms with E-state index in [1.165, 1.54) is 12.8 Å². The summed E-state index contributed by atoms with van der Waals surface area (Å²) in [5.74, 6) is -0.140. The third-order valence-electron chi connectivity index (χ3n) is 3.31. The Morgan fingerprint density at radius 1 is 1.21 bits per heavy atom. The minimum Gasteiger partial charge on any atom is -0.465 e. The molecule has 0 amide bonds. The molecular formula is C15H32N2O2. The van der Waals surface area contributed by atoms with Crippen LogP contribution in [0.3, 0.4) is 0 Å². The Kier molecular flexibility index (Phi) is 9.88. The lowest BCUT2D eigenvalue weighted by Crippen LogP contribution is -2.58. The molecule has 0 rings (SSSR count). The standard InChI is InChI=1S/C15H32N2O2/c1-6-10-12-17(8-3)13-15(5,16-11-7-2)14(18)19-9-4/h16H,6-13H2,1-5H3. The summed E-state index contributed by atoms with van der Waals surface area (Å²) in [4.78, 5) is 14.5. The van der Waals surface area contributed by atoms with Crippen LogP contribution in [0.25, 0.3) is 0 Å². The van der Waals surface area contributed by atoms with Crippen LogP contribution in [-0.4, -0.2) is 49.2 Å². The SMILES string of the molecule is CCCCN(CC)CC(C)(NCCC)C(=O)OCC. The second-order valence-electron chi connectivity index (χ2n) is 5.20. The minimum absolute atomic E-state index is 0.140. The van der Waals surface area contributed by atoms with Crippen LogP contribution in [0.2, 0.25) is 0 Å². The quantitative estimate of drug-likeness (QED) is 0.587. The highest BCUT2D eigenvalue weighted by Gasteiger charge is 2.35. The van der Waals surface area contributed by atoms with E-state index in [2.05, 4.69) is 31.0 Å². The molecule has 0 aliphatic heterocycles. The second-order valence-corrected chi connectivity index (χ2v) is 5.20. The number of carbonyl (C=O) groups is 1. The Hall–Kier alpha value is -0.610. The van der Waals surface area contributed by atoms with Crippen LogP contribution in [0.1, 0.15) is 53.9 Å². The van der Waals surface area contributed by atoms with Crippen molar-refractivity contribution in [1.82, 2.24) is 10.2 Å². The zero-order valence-electron chi connectivity index (χ0n) is 13.4. The van der Waals surface area contributed by atoms with Crippen LogP contribution < -0.4 is 5.32 Å². The molecule has 1 unspecified atom stereocenters. The van der Waals surface area contributed by atoms with E-state index < -0.39 is 5.54 Å². The van der Waals surface area contributed by atoms with Gasteiger partial charge in [-0.3, -0.25) is 4.79 Å². The van der Waals surface area contributed by atoms with Gasteiger partial charge in [0.05, 0.1) is 6.61 Å². The number of hydrogen-bond donors (Lipinski definition) is 1. The number of likely N-dealkylation sites (N-methyl/N-ethyl adjacent to an activating group) is 1. The van der Waals surface area contributed by atoms with Gasteiger partial charge in [-0.15, -0.1) is 0 Å². The summed E-state index contributed by atoms with van der Waals surface area (Å²) < 4.78 is 5.23. The van der Waals surface area contributed by atoms with E-state index in [9.17, 15) is 4.79 Å². The molecule has 0 spiro atoms. The first-order valence-electron chi connectivity index (χ1n) is 7.68. The third kappa shape index (κ3) is 6.92. The lowest BCUT2D eigenvalue weighted by Gasteiger charge is -2.34. The fourth-order valence-corrected chi connectivity index (χ4v) is 2.06. The van der Waals surface area contributed by atoms with E-state index in [1.807, 2.05) is 13.8 Å². The molecule has 4 heteroatoms. The second kappa shape index (κ2) is 10.2. The zero-order valence-corrected chi connectivity index (χ0v) is 13.4. The van der Waals surface area contributed by atoms with Gasteiger partial charge in [0.2, 0.25) is 0 Å². The number of unbranched alkanes of at least 4 members (excludes halogenated alkanes) is 1.